The predicted molar refractivity (Wildman–Crippen MR) is 145 cm³/mol. The van der Waals surface area contributed by atoms with Gasteiger partial charge in [-0.25, -0.2) is 4.79 Å². The fraction of sp³-hybridized carbons (Fsp3) is 0.643. The fourth-order valence-corrected chi connectivity index (χ4v) is 4.06. The molecule has 3 unspecified atom stereocenters. The first-order valence-electron chi connectivity index (χ1n) is 12.9. The minimum atomic E-state index is -1.12. The molecule has 208 valence electrons. The highest BCUT2D eigenvalue weighted by atomic mass is 16.6. The molecule has 9 heteroatoms. The summed E-state index contributed by atoms with van der Waals surface area (Å²) in [6.07, 6.45) is -0.378. The molecule has 0 radical (unpaired) electrons. The van der Waals surface area contributed by atoms with E-state index in [0.29, 0.717) is 6.42 Å². The molecule has 1 aromatic rings. The third-order valence-corrected chi connectivity index (χ3v) is 5.83. The summed E-state index contributed by atoms with van der Waals surface area (Å²) >= 11 is 0. The summed E-state index contributed by atoms with van der Waals surface area (Å²) in [4.78, 5) is 53.8. The van der Waals surface area contributed by atoms with E-state index in [0.717, 1.165) is 16.7 Å². The number of hydrogen-bond donors (Lipinski definition) is 3. The zero-order valence-corrected chi connectivity index (χ0v) is 24.2. The number of benzene rings is 1. The molecule has 0 saturated carbocycles. The van der Waals surface area contributed by atoms with Crippen molar-refractivity contribution in [2.75, 3.05) is 0 Å². The van der Waals surface area contributed by atoms with Gasteiger partial charge in [0.1, 0.15) is 17.7 Å². The van der Waals surface area contributed by atoms with Gasteiger partial charge >= 0.3 is 6.09 Å². The molecule has 9 nitrogen and oxygen atoms in total. The van der Waals surface area contributed by atoms with Crippen LogP contribution in [0.5, 0.6) is 0 Å². The van der Waals surface area contributed by atoms with Crippen LogP contribution in [0.4, 0.5) is 4.79 Å². The van der Waals surface area contributed by atoms with Crippen LogP contribution in [-0.4, -0.2) is 51.9 Å². The number of nitrogens with zero attached hydrogens (tertiary/aromatic N) is 1. The number of primary amides is 1. The van der Waals surface area contributed by atoms with Gasteiger partial charge in [0.25, 0.3) is 0 Å². The van der Waals surface area contributed by atoms with Crippen LogP contribution in [0.2, 0.25) is 0 Å². The molecule has 0 aliphatic rings. The Balaban J connectivity index is 3.68. The zero-order chi connectivity index (χ0) is 28.7. The van der Waals surface area contributed by atoms with Crippen LogP contribution in [0.25, 0.3) is 0 Å². The molecule has 4 N–H and O–H groups in total. The van der Waals surface area contributed by atoms with Gasteiger partial charge in [0.05, 0.1) is 0 Å². The Bertz CT molecular complexity index is 958. The number of carbonyl (C=O) groups is 4. The average molecular weight is 519 g/mol. The van der Waals surface area contributed by atoms with Crippen LogP contribution < -0.4 is 16.4 Å². The molecule has 0 spiro atoms. The summed E-state index contributed by atoms with van der Waals surface area (Å²) < 4.78 is 5.37. The summed E-state index contributed by atoms with van der Waals surface area (Å²) in [5.41, 5.74) is 6.50. The van der Waals surface area contributed by atoms with E-state index < -0.39 is 41.1 Å². The van der Waals surface area contributed by atoms with E-state index in [2.05, 4.69) is 10.6 Å². The number of ether oxygens (including phenoxy) is 1. The van der Waals surface area contributed by atoms with Gasteiger partial charge < -0.3 is 26.0 Å². The Hall–Kier alpha value is -3.10. The summed E-state index contributed by atoms with van der Waals surface area (Å²) in [5.74, 6) is -1.42. The zero-order valence-electron chi connectivity index (χ0n) is 24.2. The van der Waals surface area contributed by atoms with Crippen molar-refractivity contribution in [2.45, 2.75) is 118 Å². The predicted octanol–water partition coefficient (Wildman–Crippen LogP) is 4.05. The van der Waals surface area contributed by atoms with Gasteiger partial charge in [0, 0.05) is 18.0 Å². The van der Waals surface area contributed by atoms with Crippen molar-refractivity contribution in [3.63, 3.8) is 0 Å². The van der Waals surface area contributed by atoms with Crippen LogP contribution >= 0.6 is 0 Å². The van der Waals surface area contributed by atoms with Gasteiger partial charge in [-0.1, -0.05) is 25.1 Å². The molecule has 1 rings (SSSR count). The molecule has 0 bridgehead atoms. The number of carbonyl (C=O) groups excluding carboxylic acids is 4. The first-order chi connectivity index (χ1) is 16.9. The molecule has 4 amide bonds. The summed E-state index contributed by atoms with van der Waals surface area (Å²) in [6, 6.07) is 3.27. The van der Waals surface area contributed by atoms with E-state index in [1.807, 2.05) is 66.7 Å². The lowest BCUT2D eigenvalue weighted by Crippen LogP contribution is -2.57. The highest BCUT2D eigenvalue weighted by Gasteiger charge is 2.40. The SMILES string of the molecule is CCC(C)N(C(=O)C(CCC(N)=O)NC(=O)OC(C)(C)C)C(C(=O)NC(C)(C)C)c1c(C)cccc1C. The van der Waals surface area contributed by atoms with E-state index in [1.54, 1.807) is 20.8 Å². The topological polar surface area (TPSA) is 131 Å². The van der Waals surface area contributed by atoms with Crippen molar-refractivity contribution in [1.82, 2.24) is 15.5 Å². The minimum absolute atomic E-state index is 0.0271. The Morgan fingerprint density at radius 3 is 2.00 bits per heavy atom. The first kappa shape index (κ1) is 31.9. The van der Waals surface area contributed by atoms with Crippen molar-refractivity contribution in [3.8, 4) is 0 Å². The van der Waals surface area contributed by atoms with E-state index >= 15 is 0 Å². The maximum absolute atomic E-state index is 14.2. The normalized spacial score (nSPS) is 14.2. The lowest BCUT2D eigenvalue weighted by atomic mass is 9.91. The number of nitrogens with two attached hydrogens (primary N) is 1. The molecule has 0 aliphatic carbocycles. The highest BCUT2D eigenvalue weighted by molar-refractivity contribution is 5.93. The Kier molecular flexibility index (Phi) is 11.2. The molecular weight excluding hydrogens is 472 g/mol. The van der Waals surface area contributed by atoms with Gasteiger partial charge in [-0.15, -0.1) is 0 Å². The number of nitrogens with one attached hydrogen (secondary N) is 2. The molecule has 0 saturated heterocycles. The van der Waals surface area contributed by atoms with Crippen molar-refractivity contribution in [3.05, 3.63) is 34.9 Å². The third kappa shape index (κ3) is 10.1. The largest absolute Gasteiger partial charge is 0.444 e. The fourth-order valence-electron chi connectivity index (χ4n) is 4.06. The molecular formula is C28H46N4O5. The van der Waals surface area contributed by atoms with Gasteiger partial charge in [-0.2, -0.15) is 0 Å². The van der Waals surface area contributed by atoms with Crippen LogP contribution in [-0.2, 0) is 19.1 Å². The van der Waals surface area contributed by atoms with E-state index in [-0.39, 0.29) is 24.8 Å². The second-order valence-corrected chi connectivity index (χ2v) is 11.7. The molecule has 0 aliphatic heterocycles. The number of rotatable bonds is 10. The molecule has 3 atom stereocenters. The average Bonchev–Trinajstić information content (AvgIpc) is 2.72. The maximum Gasteiger partial charge on any atom is 0.408 e. The second-order valence-electron chi connectivity index (χ2n) is 11.7. The molecule has 0 heterocycles. The van der Waals surface area contributed by atoms with Gasteiger partial charge in [-0.3, -0.25) is 14.4 Å². The minimum Gasteiger partial charge on any atom is -0.444 e. The molecule has 37 heavy (non-hydrogen) atoms. The smallest absolute Gasteiger partial charge is 0.408 e. The maximum atomic E-state index is 14.2. The van der Waals surface area contributed by atoms with Crippen LogP contribution in [0.15, 0.2) is 18.2 Å². The Labute approximate surface area is 221 Å². The highest BCUT2D eigenvalue weighted by Crippen LogP contribution is 2.31. The summed E-state index contributed by atoms with van der Waals surface area (Å²) in [6.45, 7) is 18.4. The molecule has 0 fully saturated rings. The van der Waals surface area contributed by atoms with Crippen LogP contribution in [0, 0.1) is 13.8 Å². The standard InChI is InChI=1S/C28H46N4O5/c1-11-19(4)32(25(35)20(15-16-21(29)33)30-26(36)37-28(8,9)10)23(24(34)31-27(5,6)7)22-17(2)13-12-14-18(22)3/h12-14,19-20,23H,11,15-16H2,1-10H3,(H2,29,33)(H,30,36)(H,31,34). The number of amides is 4. The van der Waals surface area contributed by atoms with E-state index in [1.165, 1.54) is 4.90 Å². The number of alkyl carbamates (subject to hydrolysis) is 1. The quantitative estimate of drug-likeness (QED) is 0.430. The van der Waals surface area contributed by atoms with Crippen LogP contribution in [0.3, 0.4) is 0 Å². The van der Waals surface area contributed by atoms with Crippen LogP contribution in [0.1, 0.15) is 97.4 Å². The van der Waals surface area contributed by atoms with Gasteiger partial charge in [0.15, 0.2) is 0 Å². The first-order valence-corrected chi connectivity index (χ1v) is 12.9. The van der Waals surface area contributed by atoms with Crippen molar-refractivity contribution < 1.29 is 23.9 Å². The van der Waals surface area contributed by atoms with E-state index in [9.17, 15) is 19.2 Å². The van der Waals surface area contributed by atoms with Gasteiger partial charge in [0.2, 0.25) is 17.7 Å². The Morgan fingerprint density at radius 2 is 1.57 bits per heavy atom. The Morgan fingerprint density at radius 1 is 1.03 bits per heavy atom. The third-order valence-electron chi connectivity index (χ3n) is 5.83. The lowest BCUT2D eigenvalue weighted by Gasteiger charge is -2.40. The van der Waals surface area contributed by atoms with Crippen molar-refractivity contribution in [2.24, 2.45) is 5.73 Å². The summed E-state index contributed by atoms with van der Waals surface area (Å²) in [5, 5.41) is 5.65. The van der Waals surface area contributed by atoms with Gasteiger partial charge in [-0.05, 0) is 91.8 Å². The second kappa shape index (κ2) is 12.9. The monoisotopic (exact) mass is 518 g/mol. The molecule has 0 aromatic heterocycles. The van der Waals surface area contributed by atoms with Crippen molar-refractivity contribution in [1.29, 1.82) is 0 Å². The summed E-state index contributed by atoms with van der Waals surface area (Å²) in [7, 11) is 0. The van der Waals surface area contributed by atoms with E-state index in [4.69, 9.17) is 10.5 Å². The molecule has 1 aromatic carbocycles. The lowest BCUT2D eigenvalue weighted by molar-refractivity contribution is -0.146. The number of aryl methyl sites for hydroxylation is 2. The number of hydrogen-bond acceptors (Lipinski definition) is 5. The van der Waals surface area contributed by atoms with Crippen molar-refractivity contribution >= 4 is 23.8 Å².